The first-order valence-electron chi connectivity index (χ1n) is 11.7. The van der Waals surface area contributed by atoms with E-state index in [0.717, 1.165) is 16.7 Å². The Morgan fingerprint density at radius 1 is 1.06 bits per heavy atom. The first-order chi connectivity index (χ1) is 17.4. The number of aromatic hydroxyl groups is 1. The van der Waals surface area contributed by atoms with Crippen molar-refractivity contribution in [2.24, 2.45) is 5.92 Å². The summed E-state index contributed by atoms with van der Waals surface area (Å²) in [5, 5.41) is 11.3. The first-order valence-corrected chi connectivity index (χ1v) is 12.5. The molecule has 0 amide bonds. The van der Waals surface area contributed by atoms with Crippen LogP contribution < -0.4 is 4.74 Å². The molecule has 0 heterocycles. The highest BCUT2D eigenvalue weighted by Crippen LogP contribution is 2.59. The smallest absolute Gasteiger partial charge is 0.168 e. The number of hydrogen-bond donors (Lipinski definition) is 1. The molecule has 0 spiro atoms. The summed E-state index contributed by atoms with van der Waals surface area (Å²) >= 11 is 3.53. The zero-order valence-corrected chi connectivity index (χ0v) is 21.4. The number of allylic oxidation sites excluding steroid dienone is 5. The molecule has 3 aromatic carbocycles. The molecule has 0 bridgehead atoms. The van der Waals surface area contributed by atoms with E-state index in [9.17, 15) is 14.7 Å². The molecule has 0 saturated carbocycles. The van der Waals surface area contributed by atoms with Crippen molar-refractivity contribution in [3.05, 3.63) is 124 Å². The van der Waals surface area contributed by atoms with Crippen LogP contribution in [0.4, 0.5) is 0 Å². The Morgan fingerprint density at radius 2 is 1.72 bits per heavy atom. The maximum Gasteiger partial charge on any atom is 0.168 e. The Hall–Kier alpha value is -3.70. The number of Topliss-reactive ketones (excluding diaryl/α,β-unsaturated/α-hetero) is 1. The van der Waals surface area contributed by atoms with E-state index in [0.29, 0.717) is 22.0 Å². The third kappa shape index (κ3) is 3.58. The molecule has 3 atom stereocenters. The molecular formula is C31H25BrO4. The summed E-state index contributed by atoms with van der Waals surface area (Å²) in [6.45, 7) is 4.02. The Morgan fingerprint density at radius 3 is 2.36 bits per heavy atom. The number of phenolic OH excluding ortho intramolecular Hbond substituents is 1. The summed E-state index contributed by atoms with van der Waals surface area (Å²) in [6, 6.07) is 22.2. The van der Waals surface area contributed by atoms with Crippen molar-refractivity contribution in [3.8, 4) is 11.5 Å². The minimum Gasteiger partial charge on any atom is -0.504 e. The number of benzene rings is 3. The van der Waals surface area contributed by atoms with Crippen molar-refractivity contribution in [3.63, 3.8) is 0 Å². The molecule has 4 nitrogen and oxygen atoms in total. The minimum absolute atomic E-state index is 0.0625. The molecule has 36 heavy (non-hydrogen) atoms. The molecule has 0 radical (unpaired) electrons. The van der Waals surface area contributed by atoms with Gasteiger partial charge in [0.1, 0.15) is 0 Å². The number of carbonyl (C=O) groups excluding carboxylic acids is 2. The van der Waals surface area contributed by atoms with E-state index in [2.05, 4.69) is 22.5 Å². The van der Waals surface area contributed by atoms with Gasteiger partial charge in [-0.15, -0.1) is 0 Å². The van der Waals surface area contributed by atoms with Crippen LogP contribution in [0.25, 0.3) is 5.57 Å². The maximum absolute atomic E-state index is 14.5. The van der Waals surface area contributed by atoms with E-state index in [1.54, 1.807) is 18.2 Å². The van der Waals surface area contributed by atoms with Gasteiger partial charge in [0, 0.05) is 27.4 Å². The van der Waals surface area contributed by atoms with E-state index >= 15 is 0 Å². The lowest BCUT2D eigenvalue weighted by atomic mass is 9.50. The van der Waals surface area contributed by atoms with Crippen LogP contribution in [0.15, 0.2) is 108 Å². The standard InChI is InChI=1S/C31H25BrO4/c1-3-19-14-15-25-29(34)23(20-10-6-4-7-11-20)18-27(33)31(25,21-12-8-5-9-13-21)28(19)24-16-22(32)17-26(36-2)30(24)35/h3-14,16-18,25,28,35H,1,15H2,2H3/t25-,28+,31-/m0/s1. The van der Waals surface area contributed by atoms with Gasteiger partial charge in [0.05, 0.1) is 12.5 Å². The first kappa shape index (κ1) is 24.0. The van der Waals surface area contributed by atoms with Crippen LogP contribution in [0.3, 0.4) is 0 Å². The molecule has 2 aliphatic carbocycles. The van der Waals surface area contributed by atoms with Gasteiger partial charge in [-0.1, -0.05) is 95.3 Å². The molecule has 0 unspecified atom stereocenters. The SMILES string of the molecule is C=CC1=CC[C@H]2C(=O)C(c3ccccc3)=CC(=O)[C@@]2(c2ccccc2)[C@H]1c1cc(Br)cc(OC)c1O. The van der Waals surface area contributed by atoms with E-state index < -0.39 is 17.3 Å². The fourth-order valence-corrected chi connectivity index (χ4v) is 6.28. The van der Waals surface area contributed by atoms with Crippen LogP contribution in [0.5, 0.6) is 11.5 Å². The van der Waals surface area contributed by atoms with Gasteiger partial charge in [-0.25, -0.2) is 0 Å². The van der Waals surface area contributed by atoms with Crippen molar-refractivity contribution in [2.45, 2.75) is 17.8 Å². The largest absolute Gasteiger partial charge is 0.504 e. The number of ketones is 2. The number of methoxy groups -OCH3 is 1. The molecule has 0 saturated heterocycles. The summed E-state index contributed by atoms with van der Waals surface area (Å²) in [5.41, 5.74) is 1.88. The van der Waals surface area contributed by atoms with Gasteiger partial charge >= 0.3 is 0 Å². The van der Waals surface area contributed by atoms with Crippen LogP contribution in [0.1, 0.15) is 29.0 Å². The van der Waals surface area contributed by atoms with Crippen LogP contribution >= 0.6 is 15.9 Å². The highest BCUT2D eigenvalue weighted by molar-refractivity contribution is 9.10. The minimum atomic E-state index is -1.27. The molecule has 0 fully saturated rings. The molecule has 5 heteroatoms. The third-order valence-electron chi connectivity index (χ3n) is 7.36. The highest BCUT2D eigenvalue weighted by atomic mass is 79.9. The van der Waals surface area contributed by atoms with Gasteiger partial charge < -0.3 is 9.84 Å². The summed E-state index contributed by atoms with van der Waals surface area (Å²) in [7, 11) is 1.48. The Labute approximate surface area is 218 Å². The summed E-state index contributed by atoms with van der Waals surface area (Å²) < 4.78 is 6.13. The van der Waals surface area contributed by atoms with E-state index in [1.807, 2.05) is 66.7 Å². The molecule has 0 aromatic heterocycles. The number of carbonyl (C=O) groups is 2. The molecule has 3 aromatic rings. The molecule has 5 rings (SSSR count). The summed E-state index contributed by atoms with van der Waals surface area (Å²) in [4.78, 5) is 28.6. The maximum atomic E-state index is 14.5. The number of rotatable bonds is 5. The number of ether oxygens (including phenoxy) is 1. The van der Waals surface area contributed by atoms with E-state index in [-0.39, 0.29) is 23.1 Å². The lowest BCUT2D eigenvalue weighted by Gasteiger charge is -2.50. The zero-order valence-electron chi connectivity index (χ0n) is 19.8. The molecule has 2 aliphatic rings. The van der Waals surface area contributed by atoms with Crippen molar-refractivity contribution in [1.29, 1.82) is 0 Å². The normalized spacial score (nSPS) is 23.4. The van der Waals surface area contributed by atoms with Crippen molar-refractivity contribution in [2.75, 3.05) is 7.11 Å². The van der Waals surface area contributed by atoms with Gasteiger partial charge in [-0.3, -0.25) is 9.59 Å². The highest BCUT2D eigenvalue weighted by Gasteiger charge is 2.59. The number of halogens is 1. The van der Waals surface area contributed by atoms with Crippen molar-refractivity contribution < 1.29 is 19.4 Å². The average Bonchev–Trinajstić information content (AvgIpc) is 2.91. The molecule has 1 N–H and O–H groups in total. The predicted octanol–water partition coefficient (Wildman–Crippen LogP) is 6.55. The Kier molecular flexibility index (Phi) is 6.27. The zero-order chi connectivity index (χ0) is 25.4. The monoisotopic (exact) mass is 540 g/mol. The second-order valence-corrected chi connectivity index (χ2v) is 9.98. The topological polar surface area (TPSA) is 63.6 Å². The molecule has 180 valence electrons. The van der Waals surface area contributed by atoms with Crippen LogP contribution in [-0.2, 0) is 15.0 Å². The van der Waals surface area contributed by atoms with Crippen LogP contribution in [0.2, 0.25) is 0 Å². The molecular weight excluding hydrogens is 516 g/mol. The Balaban J connectivity index is 1.85. The predicted molar refractivity (Wildman–Crippen MR) is 144 cm³/mol. The second kappa shape index (κ2) is 9.40. The number of hydrogen-bond acceptors (Lipinski definition) is 4. The fourth-order valence-electron chi connectivity index (χ4n) is 5.82. The average molecular weight is 541 g/mol. The third-order valence-corrected chi connectivity index (χ3v) is 7.82. The van der Waals surface area contributed by atoms with Gasteiger partial charge in [0.15, 0.2) is 23.1 Å². The van der Waals surface area contributed by atoms with E-state index in [4.69, 9.17) is 4.74 Å². The quantitative estimate of drug-likeness (QED) is 0.398. The van der Waals surface area contributed by atoms with Crippen molar-refractivity contribution in [1.82, 2.24) is 0 Å². The summed E-state index contributed by atoms with van der Waals surface area (Å²) in [5.74, 6) is -1.36. The molecule has 0 aliphatic heterocycles. The van der Waals surface area contributed by atoms with E-state index in [1.165, 1.54) is 13.2 Å². The number of phenols is 1. The van der Waals surface area contributed by atoms with Crippen LogP contribution in [0, 0.1) is 5.92 Å². The summed E-state index contributed by atoms with van der Waals surface area (Å²) in [6.07, 6.45) is 5.56. The Bertz CT molecular complexity index is 1420. The fraction of sp³-hybridized carbons (Fsp3) is 0.161. The van der Waals surface area contributed by atoms with Gasteiger partial charge in [-0.05, 0) is 41.3 Å². The lowest BCUT2D eigenvalue weighted by Crippen LogP contribution is -2.54. The van der Waals surface area contributed by atoms with Gasteiger partial charge in [-0.2, -0.15) is 0 Å². The second-order valence-electron chi connectivity index (χ2n) is 9.06. The van der Waals surface area contributed by atoms with Crippen LogP contribution in [-0.4, -0.2) is 23.8 Å². The van der Waals surface area contributed by atoms with Crippen molar-refractivity contribution >= 4 is 33.1 Å². The number of fused-ring (bicyclic) bond motifs is 1. The van der Waals surface area contributed by atoms with Gasteiger partial charge in [0.2, 0.25) is 0 Å². The van der Waals surface area contributed by atoms with Gasteiger partial charge in [0.25, 0.3) is 0 Å². The lowest BCUT2D eigenvalue weighted by molar-refractivity contribution is -0.131.